The van der Waals surface area contributed by atoms with Crippen LogP contribution in [0.3, 0.4) is 0 Å². The standard InChI is InChI=1S/C19H21ClN2O4S.C17H19ClN2O3S.C2H3ClO.ClH/c1-11-10-25-19(4,26-11)15-7-5-14(6-8-15)9-16(24)22(13(3)23)18-17(20)12(2)21-27-18;1-10-9-22-17(3,23-10)13-6-4-12(5-7-13)8-14(21)19-16-15(18)11(2)20-24-16;1-2(3)4;/h5-8,11H,9-10H2,1-4H3;4-7,10H,8-9H2,1-3H3,(H,19,21);1H3;1H/p-1. The van der Waals surface area contributed by atoms with Gasteiger partial charge in [-0.2, -0.15) is 8.75 Å². The number of benzene rings is 2. The van der Waals surface area contributed by atoms with Gasteiger partial charge in [0.1, 0.15) is 10.0 Å². The van der Waals surface area contributed by atoms with Crippen LogP contribution in [0.25, 0.3) is 0 Å². The molecule has 304 valence electrons. The van der Waals surface area contributed by atoms with Crippen molar-refractivity contribution in [2.24, 2.45) is 0 Å². The number of rotatable bonds is 8. The van der Waals surface area contributed by atoms with E-state index in [2.05, 4.69) is 25.7 Å². The number of hydrogen-bond donors (Lipinski definition) is 1. The zero-order valence-electron chi connectivity index (χ0n) is 32.0. The fraction of sp³-hybridized carbons (Fsp3) is 0.421. The number of aromatic nitrogens is 2. The number of halogens is 4. The zero-order valence-corrected chi connectivity index (χ0v) is 36.7. The molecule has 4 aromatic rings. The molecule has 2 saturated heterocycles. The van der Waals surface area contributed by atoms with E-state index in [1.54, 1.807) is 6.92 Å². The van der Waals surface area contributed by atoms with E-state index in [4.69, 9.17) is 42.1 Å². The van der Waals surface area contributed by atoms with E-state index in [0.29, 0.717) is 39.0 Å². The summed E-state index contributed by atoms with van der Waals surface area (Å²) < 4.78 is 31.4. The van der Waals surface area contributed by atoms with Gasteiger partial charge in [0.2, 0.25) is 23.0 Å². The second-order valence-electron chi connectivity index (χ2n) is 13.2. The van der Waals surface area contributed by atoms with Gasteiger partial charge < -0.3 is 36.7 Å². The highest BCUT2D eigenvalue weighted by Crippen LogP contribution is 2.36. The van der Waals surface area contributed by atoms with Crippen LogP contribution >= 0.6 is 57.9 Å². The van der Waals surface area contributed by atoms with Crippen molar-refractivity contribution in [2.75, 3.05) is 23.4 Å². The van der Waals surface area contributed by atoms with E-state index in [0.717, 1.165) is 44.4 Å². The van der Waals surface area contributed by atoms with Crippen LogP contribution in [0.5, 0.6) is 0 Å². The van der Waals surface area contributed by atoms with E-state index < -0.39 is 17.5 Å². The molecule has 4 heterocycles. The van der Waals surface area contributed by atoms with Gasteiger partial charge >= 0.3 is 0 Å². The quantitative estimate of drug-likeness (QED) is 0.225. The number of imide groups is 1. The molecule has 2 aliphatic heterocycles. The molecule has 0 radical (unpaired) electrons. The van der Waals surface area contributed by atoms with Gasteiger partial charge in [-0.25, -0.2) is 4.90 Å². The molecule has 2 aromatic heterocycles. The van der Waals surface area contributed by atoms with E-state index >= 15 is 0 Å². The lowest BCUT2D eigenvalue weighted by molar-refractivity contribution is -0.160. The average molecular weight is 890 g/mol. The highest BCUT2D eigenvalue weighted by Gasteiger charge is 2.38. The van der Waals surface area contributed by atoms with Crippen LogP contribution in [0.15, 0.2) is 48.5 Å². The second kappa shape index (κ2) is 20.6. The molecule has 0 aliphatic carbocycles. The number of nitrogens with zero attached hydrogens (tertiary/aromatic N) is 3. The summed E-state index contributed by atoms with van der Waals surface area (Å²) in [6.07, 6.45) is 0.450. The lowest BCUT2D eigenvalue weighted by Gasteiger charge is -2.23. The average Bonchev–Trinajstić information content (AvgIpc) is 3.85. The number of amides is 3. The van der Waals surface area contributed by atoms with E-state index in [1.807, 2.05) is 83.1 Å². The van der Waals surface area contributed by atoms with E-state index in [-0.39, 0.29) is 54.5 Å². The Balaban J connectivity index is 0.000000271. The maximum atomic E-state index is 12.7. The summed E-state index contributed by atoms with van der Waals surface area (Å²) in [5, 5.41) is 4.22. The van der Waals surface area contributed by atoms with Gasteiger partial charge in [-0.15, -0.1) is 0 Å². The zero-order chi connectivity index (χ0) is 40.7. The van der Waals surface area contributed by atoms with Crippen molar-refractivity contribution in [1.82, 2.24) is 8.75 Å². The van der Waals surface area contributed by atoms with Crippen LogP contribution in [0.2, 0.25) is 10.0 Å². The number of aryl methyl sites for hydroxylation is 2. The van der Waals surface area contributed by atoms with Crippen LogP contribution < -0.4 is 22.6 Å². The van der Waals surface area contributed by atoms with Crippen molar-refractivity contribution >= 4 is 90.8 Å². The Hall–Kier alpha value is -3.02. The summed E-state index contributed by atoms with van der Waals surface area (Å²) >= 11 is 19.1. The number of anilines is 2. The van der Waals surface area contributed by atoms with Gasteiger partial charge in [-0.05, 0) is 87.3 Å². The molecule has 56 heavy (non-hydrogen) atoms. The van der Waals surface area contributed by atoms with Gasteiger partial charge in [0.05, 0.1) is 59.7 Å². The van der Waals surface area contributed by atoms with E-state index in [1.165, 1.54) is 25.4 Å². The Morgan fingerprint density at radius 1 is 0.786 bits per heavy atom. The first-order valence-corrected chi connectivity index (χ1v) is 19.8. The monoisotopic (exact) mass is 887 g/mol. The summed E-state index contributed by atoms with van der Waals surface area (Å²) in [5.41, 5.74) is 4.83. The molecule has 0 saturated carbocycles. The summed E-state index contributed by atoms with van der Waals surface area (Å²) in [5.74, 6) is -2.36. The molecule has 2 fully saturated rings. The minimum Gasteiger partial charge on any atom is -1.00 e. The normalized spacial score (nSPS) is 21.1. The largest absolute Gasteiger partial charge is 1.00 e. The molecule has 3 amide bonds. The first-order chi connectivity index (χ1) is 25.8. The molecular weight excluding hydrogens is 846 g/mol. The topological polar surface area (TPSA) is 146 Å². The first-order valence-electron chi connectivity index (χ1n) is 17.2. The molecule has 2 aromatic carbocycles. The maximum Gasteiger partial charge on any atom is 0.238 e. The lowest BCUT2D eigenvalue weighted by atomic mass is 10.0. The number of carbonyl (C=O) groups excluding carboxylic acids is 4. The lowest BCUT2D eigenvalue weighted by Crippen LogP contribution is -3.00. The van der Waals surface area contributed by atoms with Gasteiger partial charge in [-0.3, -0.25) is 19.2 Å². The van der Waals surface area contributed by atoms with Crippen LogP contribution in [0.1, 0.15) is 75.2 Å². The van der Waals surface area contributed by atoms with E-state index in [9.17, 15) is 19.2 Å². The summed E-state index contributed by atoms with van der Waals surface area (Å²) in [6, 6.07) is 15.1. The number of ether oxygens (including phenoxy) is 4. The minimum atomic E-state index is -0.777. The maximum absolute atomic E-state index is 12.7. The van der Waals surface area contributed by atoms with Gasteiger partial charge in [0, 0.05) is 25.0 Å². The molecule has 12 nitrogen and oxygen atoms in total. The molecule has 4 unspecified atom stereocenters. The summed E-state index contributed by atoms with van der Waals surface area (Å²) in [7, 11) is 0. The highest BCUT2D eigenvalue weighted by atomic mass is 35.5. The fourth-order valence-electron chi connectivity index (χ4n) is 5.57. The number of nitrogens with one attached hydrogen (secondary N) is 1. The molecule has 1 N–H and O–H groups in total. The Morgan fingerprint density at radius 2 is 1.21 bits per heavy atom. The fourth-order valence-corrected chi connectivity index (χ4v) is 7.66. The van der Waals surface area contributed by atoms with Crippen LogP contribution in [0, 0.1) is 13.8 Å². The predicted octanol–water partition coefficient (Wildman–Crippen LogP) is 5.50. The molecule has 0 bridgehead atoms. The Kier molecular flexibility index (Phi) is 17.4. The van der Waals surface area contributed by atoms with Gasteiger partial charge in [0.15, 0.2) is 11.6 Å². The minimum absolute atomic E-state index is 0. The van der Waals surface area contributed by atoms with Crippen molar-refractivity contribution in [3.63, 3.8) is 0 Å². The molecule has 4 atom stereocenters. The molecule has 0 spiro atoms. The van der Waals surface area contributed by atoms with Crippen LogP contribution in [-0.4, -0.2) is 57.1 Å². The number of hydrogen-bond acceptors (Lipinski definition) is 12. The van der Waals surface area contributed by atoms with Crippen molar-refractivity contribution in [3.05, 3.63) is 92.2 Å². The molecule has 6 rings (SSSR count). The smallest absolute Gasteiger partial charge is 0.238 e. The van der Waals surface area contributed by atoms with Gasteiger partial charge in [-0.1, -0.05) is 71.7 Å². The first kappa shape index (κ1) is 47.4. The third-order valence-corrected chi connectivity index (χ3v) is 11.2. The Bertz CT molecular complexity index is 1990. The number of carbonyl (C=O) groups is 4. The summed E-state index contributed by atoms with van der Waals surface area (Å²) in [4.78, 5) is 47.2. The van der Waals surface area contributed by atoms with Crippen molar-refractivity contribution in [2.45, 2.75) is 92.0 Å². The Morgan fingerprint density at radius 3 is 1.57 bits per heavy atom. The van der Waals surface area contributed by atoms with Crippen molar-refractivity contribution in [3.8, 4) is 0 Å². The second-order valence-corrected chi connectivity index (χ2v) is 16.0. The molecule has 2 aliphatic rings. The SMILES string of the molecule is CC(=O)Cl.CC(=O)N(C(=O)Cc1ccc(C2(C)OCC(C)O2)cc1)c1snc(C)c1Cl.Cc1nsc(NC(=O)Cc2ccc(C3(C)OCC(C)O3)cc2)c1Cl.[Cl-]. The van der Waals surface area contributed by atoms with Crippen molar-refractivity contribution < 1.29 is 50.5 Å². The molecule has 18 heteroatoms. The van der Waals surface area contributed by atoms with Crippen LogP contribution in [-0.2, 0) is 62.5 Å². The third-order valence-electron chi connectivity index (χ3n) is 8.30. The molecular formula is C38H43Cl4N4O8S2-. The van der Waals surface area contributed by atoms with Gasteiger partial charge in [0.25, 0.3) is 0 Å². The van der Waals surface area contributed by atoms with Crippen LogP contribution in [0.4, 0.5) is 10.0 Å². The Labute approximate surface area is 355 Å². The highest BCUT2D eigenvalue weighted by molar-refractivity contribution is 7.11. The summed E-state index contributed by atoms with van der Waals surface area (Å²) in [6.45, 7) is 15.0. The predicted molar refractivity (Wildman–Crippen MR) is 215 cm³/mol. The van der Waals surface area contributed by atoms with Crippen molar-refractivity contribution in [1.29, 1.82) is 0 Å². The third kappa shape index (κ3) is 12.5.